The third-order valence-corrected chi connectivity index (χ3v) is 6.66. The van der Waals surface area contributed by atoms with Gasteiger partial charge in [-0.15, -0.1) is 11.8 Å². The summed E-state index contributed by atoms with van der Waals surface area (Å²) in [6.07, 6.45) is 1.98. The monoisotopic (exact) mass is 427 g/mol. The minimum atomic E-state index is -3.50. The van der Waals surface area contributed by atoms with Crippen molar-refractivity contribution >= 4 is 49.1 Å². The number of anilines is 1. The highest BCUT2D eigenvalue weighted by atomic mass is 79.9. The van der Waals surface area contributed by atoms with Crippen LogP contribution in [0.25, 0.3) is 0 Å². The number of thioether (sulfide) groups is 1. The number of hydrogen-bond donors (Lipinski definition) is 0. The lowest BCUT2D eigenvalue weighted by molar-refractivity contribution is 0.0990. The Hall–Kier alpha value is -1.31. The van der Waals surface area contributed by atoms with Crippen molar-refractivity contribution in [1.82, 2.24) is 0 Å². The maximum atomic E-state index is 12.8. The highest BCUT2D eigenvalue weighted by Crippen LogP contribution is 2.26. The van der Waals surface area contributed by atoms with Gasteiger partial charge in [-0.25, -0.2) is 8.42 Å². The smallest absolute Gasteiger partial charge is 0.259 e. The Labute approximate surface area is 155 Å². The van der Waals surface area contributed by atoms with Gasteiger partial charge in [0.15, 0.2) is 9.84 Å². The van der Waals surface area contributed by atoms with E-state index in [1.54, 1.807) is 37.9 Å². The molecule has 0 aromatic heterocycles. The van der Waals surface area contributed by atoms with E-state index in [4.69, 9.17) is 0 Å². The minimum Gasteiger partial charge on any atom is -0.311 e. The van der Waals surface area contributed by atoms with E-state index >= 15 is 0 Å². The van der Waals surface area contributed by atoms with Crippen molar-refractivity contribution in [1.29, 1.82) is 0 Å². The van der Waals surface area contributed by atoms with E-state index in [1.165, 1.54) is 11.0 Å². The van der Waals surface area contributed by atoms with E-state index < -0.39 is 9.84 Å². The quantitative estimate of drug-likeness (QED) is 0.669. The molecule has 0 spiro atoms. The Bertz CT molecular complexity index is 849. The second-order valence-corrected chi connectivity index (χ2v) is 9.15. The average molecular weight is 428 g/mol. The Morgan fingerprint density at radius 3 is 2.33 bits per heavy atom. The van der Waals surface area contributed by atoms with Crippen LogP contribution in [-0.4, -0.2) is 33.4 Å². The molecule has 24 heavy (non-hydrogen) atoms. The highest BCUT2D eigenvalue weighted by molar-refractivity contribution is 9.10. The predicted octanol–water partition coefficient (Wildman–Crippen LogP) is 4.24. The van der Waals surface area contributed by atoms with Gasteiger partial charge in [-0.1, -0.05) is 22.9 Å². The first-order valence-corrected chi connectivity index (χ1v) is 10.9. The van der Waals surface area contributed by atoms with Gasteiger partial charge in [0.1, 0.15) is 0 Å². The number of sulfone groups is 1. The van der Waals surface area contributed by atoms with Crippen LogP contribution in [0, 0.1) is 0 Å². The van der Waals surface area contributed by atoms with Gasteiger partial charge in [0.05, 0.1) is 16.2 Å². The standard InChI is InChI=1S/C17H18BrNO3S2/c1-4-24(21,22)16-11-12(18)5-10-15(16)17(20)19(2)13-6-8-14(23-3)9-7-13/h5-11H,4H2,1-3H3. The lowest BCUT2D eigenvalue weighted by Crippen LogP contribution is -2.28. The third kappa shape index (κ3) is 4.02. The van der Waals surface area contributed by atoms with Crippen molar-refractivity contribution < 1.29 is 13.2 Å². The van der Waals surface area contributed by atoms with Crippen LogP contribution in [0.2, 0.25) is 0 Å². The van der Waals surface area contributed by atoms with Crippen LogP contribution in [-0.2, 0) is 9.84 Å². The van der Waals surface area contributed by atoms with Crippen LogP contribution in [0.15, 0.2) is 56.7 Å². The van der Waals surface area contributed by atoms with Crippen LogP contribution < -0.4 is 4.90 Å². The molecule has 0 fully saturated rings. The summed E-state index contributed by atoms with van der Waals surface area (Å²) < 4.78 is 25.3. The molecule has 7 heteroatoms. The summed E-state index contributed by atoms with van der Waals surface area (Å²) in [7, 11) is -1.86. The zero-order valence-electron chi connectivity index (χ0n) is 13.6. The molecule has 0 N–H and O–H groups in total. The molecular formula is C17H18BrNO3S2. The Balaban J connectivity index is 2.45. The van der Waals surface area contributed by atoms with Gasteiger partial charge < -0.3 is 4.90 Å². The number of amides is 1. The molecule has 1 amide bonds. The van der Waals surface area contributed by atoms with E-state index in [0.717, 1.165) is 4.90 Å². The van der Waals surface area contributed by atoms with E-state index in [9.17, 15) is 13.2 Å². The molecule has 128 valence electrons. The molecule has 2 aromatic carbocycles. The normalized spacial score (nSPS) is 11.3. The molecule has 0 saturated carbocycles. The van der Waals surface area contributed by atoms with Crippen LogP contribution >= 0.6 is 27.7 Å². The number of benzene rings is 2. The number of carbonyl (C=O) groups is 1. The van der Waals surface area contributed by atoms with E-state index in [0.29, 0.717) is 10.2 Å². The summed E-state index contributed by atoms with van der Waals surface area (Å²) in [5.41, 5.74) is 0.886. The van der Waals surface area contributed by atoms with Gasteiger partial charge in [0, 0.05) is 22.1 Å². The predicted molar refractivity (Wildman–Crippen MR) is 103 cm³/mol. The summed E-state index contributed by atoms with van der Waals surface area (Å²) in [5.74, 6) is -0.415. The van der Waals surface area contributed by atoms with Crippen molar-refractivity contribution in [3.8, 4) is 0 Å². The fraction of sp³-hybridized carbons (Fsp3) is 0.235. The number of carbonyl (C=O) groups excluding carboxylic acids is 1. The summed E-state index contributed by atoms with van der Waals surface area (Å²) in [6.45, 7) is 1.56. The van der Waals surface area contributed by atoms with Crippen molar-refractivity contribution in [2.75, 3.05) is 24.0 Å². The molecule has 0 radical (unpaired) electrons. The lowest BCUT2D eigenvalue weighted by atomic mass is 10.2. The highest BCUT2D eigenvalue weighted by Gasteiger charge is 2.24. The van der Waals surface area contributed by atoms with Crippen LogP contribution in [0.4, 0.5) is 5.69 Å². The third-order valence-electron chi connectivity index (χ3n) is 3.65. The van der Waals surface area contributed by atoms with Gasteiger partial charge in [-0.3, -0.25) is 4.79 Å². The lowest BCUT2D eigenvalue weighted by Gasteiger charge is -2.19. The fourth-order valence-electron chi connectivity index (χ4n) is 2.19. The first kappa shape index (κ1) is 19.0. The summed E-state index contributed by atoms with van der Waals surface area (Å²) in [5, 5.41) is 0. The Morgan fingerprint density at radius 1 is 1.17 bits per heavy atom. The van der Waals surface area contributed by atoms with Crippen LogP contribution in [0.3, 0.4) is 0 Å². The molecule has 0 atom stereocenters. The molecule has 2 aromatic rings. The summed E-state index contributed by atoms with van der Waals surface area (Å²) >= 11 is 4.89. The van der Waals surface area contributed by atoms with Gasteiger partial charge in [0.2, 0.25) is 0 Å². The number of nitrogens with zero attached hydrogens (tertiary/aromatic N) is 1. The van der Waals surface area contributed by atoms with Gasteiger partial charge in [0.25, 0.3) is 5.91 Å². The Morgan fingerprint density at radius 2 is 1.79 bits per heavy atom. The van der Waals surface area contributed by atoms with Gasteiger partial charge in [-0.05, 0) is 48.7 Å². The SMILES string of the molecule is CCS(=O)(=O)c1cc(Br)ccc1C(=O)N(C)c1ccc(SC)cc1. The van der Waals surface area contributed by atoms with Gasteiger partial charge in [-0.2, -0.15) is 0 Å². The number of halogens is 1. The van der Waals surface area contributed by atoms with E-state index in [-0.39, 0.29) is 22.1 Å². The first-order chi connectivity index (χ1) is 11.3. The van der Waals surface area contributed by atoms with E-state index in [1.807, 2.05) is 30.5 Å². The second-order valence-electron chi connectivity index (χ2n) is 5.11. The molecule has 0 unspecified atom stereocenters. The molecule has 0 aliphatic carbocycles. The molecule has 2 rings (SSSR count). The second kappa shape index (κ2) is 7.72. The van der Waals surface area contributed by atoms with Crippen molar-refractivity contribution in [3.05, 3.63) is 52.5 Å². The molecule has 0 saturated heterocycles. The van der Waals surface area contributed by atoms with Crippen molar-refractivity contribution in [3.63, 3.8) is 0 Å². The van der Waals surface area contributed by atoms with Gasteiger partial charge >= 0.3 is 0 Å². The number of hydrogen-bond acceptors (Lipinski definition) is 4. The topological polar surface area (TPSA) is 54.5 Å². The molecule has 0 heterocycles. The zero-order chi connectivity index (χ0) is 17.9. The average Bonchev–Trinajstić information content (AvgIpc) is 2.60. The Kier molecular flexibility index (Phi) is 6.11. The van der Waals surface area contributed by atoms with Crippen molar-refractivity contribution in [2.45, 2.75) is 16.7 Å². The first-order valence-electron chi connectivity index (χ1n) is 7.24. The van der Waals surface area contributed by atoms with Crippen LogP contribution in [0.5, 0.6) is 0 Å². The molecule has 0 aliphatic rings. The minimum absolute atomic E-state index is 0.0527. The largest absolute Gasteiger partial charge is 0.311 e. The molecule has 4 nitrogen and oxygen atoms in total. The molecule has 0 bridgehead atoms. The summed E-state index contributed by atoms with van der Waals surface area (Å²) in [4.78, 5) is 15.4. The summed E-state index contributed by atoms with van der Waals surface area (Å²) in [6, 6.07) is 12.2. The maximum Gasteiger partial charge on any atom is 0.259 e. The fourth-order valence-corrected chi connectivity index (χ4v) is 4.22. The van der Waals surface area contributed by atoms with Crippen LogP contribution in [0.1, 0.15) is 17.3 Å². The molecule has 0 aliphatic heterocycles. The van der Waals surface area contributed by atoms with E-state index in [2.05, 4.69) is 15.9 Å². The van der Waals surface area contributed by atoms with Crippen molar-refractivity contribution in [2.24, 2.45) is 0 Å². The zero-order valence-corrected chi connectivity index (χ0v) is 16.8. The molecular weight excluding hydrogens is 410 g/mol. The number of rotatable bonds is 5. The maximum absolute atomic E-state index is 12.8.